The van der Waals surface area contributed by atoms with Gasteiger partial charge in [0.25, 0.3) is 11.8 Å². The summed E-state index contributed by atoms with van der Waals surface area (Å²) >= 11 is 0. The Morgan fingerprint density at radius 2 is 1.45 bits per heavy atom. The number of aryl methyl sites for hydroxylation is 1. The summed E-state index contributed by atoms with van der Waals surface area (Å²) in [6, 6.07) is 13.0. The fraction of sp³-hybridized carbons (Fsp3) is 0.375. The minimum Gasteiger partial charge on any atom is -0.352 e. The van der Waals surface area contributed by atoms with Crippen molar-refractivity contribution >= 4 is 17.7 Å². The lowest BCUT2D eigenvalue weighted by molar-refractivity contribution is -0.132. The van der Waals surface area contributed by atoms with E-state index in [4.69, 9.17) is 0 Å². The van der Waals surface area contributed by atoms with E-state index in [1.165, 1.54) is 29.8 Å². The Bertz CT molecular complexity index is 905. The normalized spacial score (nSPS) is 13.7. The number of nitrogens with zero attached hydrogens (tertiary/aromatic N) is 2. The number of carbonyl (C=O) groups excluding carboxylic acids is 3. The molecule has 0 spiro atoms. The summed E-state index contributed by atoms with van der Waals surface area (Å²) in [6.45, 7) is 4.50. The van der Waals surface area contributed by atoms with Crippen LogP contribution in [0.3, 0.4) is 0 Å². The van der Waals surface area contributed by atoms with Gasteiger partial charge in [0.1, 0.15) is 5.82 Å². The van der Waals surface area contributed by atoms with Gasteiger partial charge in [0.05, 0.1) is 0 Å². The van der Waals surface area contributed by atoms with E-state index in [-0.39, 0.29) is 17.7 Å². The maximum absolute atomic E-state index is 12.9. The van der Waals surface area contributed by atoms with Gasteiger partial charge in [-0.05, 0) is 54.8 Å². The van der Waals surface area contributed by atoms with E-state index >= 15 is 0 Å². The first-order valence-electron chi connectivity index (χ1n) is 10.7. The number of hydrogen-bond acceptors (Lipinski definition) is 3. The van der Waals surface area contributed by atoms with E-state index in [0.29, 0.717) is 56.7 Å². The molecule has 2 aromatic carbocycles. The molecule has 31 heavy (non-hydrogen) atoms. The van der Waals surface area contributed by atoms with Crippen molar-refractivity contribution in [2.75, 3.05) is 32.7 Å². The van der Waals surface area contributed by atoms with Crippen LogP contribution in [0.2, 0.25) is 0 Å². The average molecular weight is 426 g/mol. The molecule has 1 fully saturated rings. The van der Waals surface area contributed by atoms with Crippen molar-refractivity contribution in [3.8, 4) is 0 Å². The molecule has 3 amide bonds. The zero-order chi connectivity index (χ0) is 22.2. The van der Waals surface area contributed by atoms with Crippen LogP contribution in [-0.2, 0) is 11.2 Å². The zero-order valence-electron chi connectivity index (χ0n) is 17.8. The fourth-order valence-electron chi connectivity index (χ4n) is 3.53. The van der Waals surface area contributed by atoms with Crippen molar-refractivity contribution in [3.05, 3.63) is 71.0 Å². The molecule has 1 N–H and O–H groups in total. The third kappa shape index (κ3) is 6.13. The second-order valence-corrected chi connectivity index (χ2v) is 7.59. The molecule has 1 aliphatic heterocycles. The average Bonchev–Trinajstić information content (AvgIpc) is 2.81. The maximum Gasteiger partial charge on any atom is 0.253 e. The highest BCUT2D eigenvalue weighted by atomic mass is 19.1. The van der Waals surface area contributed by atoms with E-state index < -0.39 is 5.82 Å². The lowest BCUT2D eigenvalue weighted by Crippen LogP contribution is -2.50. The molecule has 0 aliphatic carbocycles. The summed E-state index contributed by atoms with van der Waals surface area (Å²) in [5, 5.41) is 2.74. The SMILES string of the molecule is CCc1ccc(C(=O)N2CCN(C(=O)CCCNC(=O)c3ccc(F)cc3)CC2)cc1. The van der Waals surface area contributed by atoms with E-state index in [1.54, 1.807) is 9.80 Å². The van der Waals surface area contributed by atoms with Crippen molar-refractivity contribution in [1.82, 2.24) is 15.1 Å². The van der Waals surface area contributed by atoms with Crippen LogP contribution in [0.15, 0.2) is 48.5 Å². The molecule has 0 aromatic heterocycles. The van der Waals surface area contributed by atoms with E-state index in [1.807, 2.05) is 24.3 Å². The van der Waals surface area contributed by atoms with E-state index in [0.717, 1.165) is 6.42 Å². The summed E-state index contributed by atoms with van der Waals surface area (Å²) < 4.78 is 12.9. The molecular formula is C24H28FN3O3. The van der Waals surface area contributed by atoms with Gasteiger partial charge in [0.2, 0.25) is 5.91 Å². The van der Waals surface area contributed by atoms with Crippen LogP contribution in [0.25, 0.3) is 0 Å². The molecule has 0 atom stereocenters. The molecule has 0 saturated carbocycles. The highest BCUT2D eigenvalue weighted by Gasteiger charge is 2.24. The number of halogens is 1. The lowest BCUT2D eigenvalue weighted by atomic mass is 10.1. The van der Waals surface area contributed by atoms with Crippen LogP contribution in [0.4, 0.5) is 4.39 Å². The van der Waals surface area contributed by atoms with Crippen molar-refractivity contribution in [2.24, 2.45) is 0 Å². The van der Waals surface area contributed by atoms with Gasteiger partial charge in [0, 0.05) is 50.3 Å². The summed E-state index contributed by atoms with van der Waals surface area (Å²) in [5.41, 5.74) is 2.26. The third-order valence-corrected chi connectivity index (χ3v) is 5.49. The van der Waals surface area contributed by atoms with Gasteiger partial charge in [-0.3, -0.25) is 14.4 Å². The zero-order valence-corrected chi connectivity index (χ0v) is 17.8. The van der Waals surface area contributed by atoms with Crippen molar-refractivity contribution < 1.29 is 18.8 Å². The van der Waals surface area contributed by atoms with Gasteiger partial charge in [-0.15, -0.1) is 0 Å². The molecule has 7 heteroatoms. The first kappa shape index (κ1) is 22.5. The number of amides is 3. The minimum atomic E-state index is -0.390. The van der Waals surface area contributed by atoms with E-state index in [9.17, 15) is 18.8 Å². The molecule has 1 aliphatic rings. The summed E-state index contributed by atoms with van der Waals surface area (Å²) in [7, 11) is 0. The number of rotatable bonds is 7. The van der Waals surface area contributed by atoms with Crippen molar-refractivity contribution in [1.29, 1.82) is 0 Å². The topological polar surface area (TPSA) is 69.7 Å². The second-order valence-electron chi connectivity index (χ2n) is 7.59. The predicted molar refractivity (Wildman–Crippen MR) is 116 cm³/mol. The Balaban J connectivity index is 1.37. The minimum absolute atomic E-state index is 0.00161. The number of benzene rings is 2. The van der Waals surface area contributed by atoms with Crippen LogP contribution in [-0.4, -0.2) is 60.2 Å². The lowest BCUT2D eigenvalue weighted by Gasteiger charge is -2.35. The molecule has 1 saturated heterocycles. The maximum atomic E-state index is 12.9. The van der Waals surface area contributed by atoms with Crippen LogP contribution in [0.1, 0.15) is 46.0 Å². The Morgan fingerprint density at radius 1 is 0.871 bits per heavy atom. The summed E-state index contributed by atoms with van der Waals surface area (Å²) in [6.07, 6.45) is 1.79. The first-order valence-corrected chi connectivity index (χ1v) is 10.7. The smallest absolute Gasteiger partial charge is 0.253 e. The van der Waals surface area contributed by atoms with Crippen LogP contribution in [0.5, 0.6) is 0 Å². The van der Waals surface area contributed by atoms with Gasteiger partial charge in [-0.2, -0.15) is 0 Å². The molecular weight excluding hydrogens is 397 g/mol. The van der Waals surface area contributed by atoms with Crippen LogP contribution >= 0.6 is 0 Å². The fourth-order valence-corrected chi connectivity index (χ4v) is 3.53. The van der Waals surface area contributed by atoms with E-state index in [2.05, 4.69) is 12.2 Å². The molecule has 0 radical (unpaired) electrons. The highest BCUT2D eigenvalue weighted by molar-refractivity contribution is 5.94. The summed E-state index contributed by atoms with van der Waals surface area (Å²) in [5.74, 6) is -0.654. The predicted octanol–water partition coefficient (Wildman–Crippen LogP) is 2.88. The van der Waals surface area contributed by atoms with Gasteiger partial charge in [-0.25, -0.2) is 4.39 Å². The molecule has 0 bridgehead atoms. The Kier molecular flexibility index (Phi) is 7.76. The largest absolute Gasteiger partial charge is 0.352 e. The number of hydrogen-bond donors (Lipinski definition) is 1. The Hall–Kier alpha value is -3.22. The molecule has 0 unspecified atom stereocenters. The Labute approximate surface area is 182 Å². The standard InChI is InChI=1S/C24H28FN3O3/c1-2-18-5-7-20(8-6-18)24(31)28-16-14-27(15-17-28)22(29)4-3-13-26-23(30)19-9-11-21(25)12-10-19/h5-12H,2-4,13-17H2,1H3,(H,26,30). The number of nitrogens with one attached hydrogen (secondary N) is 1. The highest BCUT2D eigenvalue weighted by Crippen LogP contribution is 2.12. The van der Waals surface area contributed by atoms with Gasteiger partial charge >= 0.3 is 0 Å². The molecule has 164 valence electrons. The van der Waals surface area contributed by atoms with Crippen LogP contribution in [0, 0.1) is 5.82 Å². The molecule has 3 rings (SSSR count). The van der Waals surface area contributed by atoms with Gasteiger partial charge in [-0.1, -0.05) is 19.1 Å². The van der Waals surface area contributed by atoms with Crippen molar-refractivity contribution in [3.63, 3.8) is 0 Å². The summed E-state index contributed by atoms with van der Waals surface area (Å²) in [4.78, 5) is 40.6. The van der Waals surface area contributed by atoms with Crippen LogP contribution < -0.4 is 5.32 Å². The third-order valence-electron chi connectivity index (χ3n) is 5.49. The second kappa shape index (κ2) is 10.7. The van der Waals surface area contributed by atoms with Gasteiger partial charge < -0.3 is 15.1 Å². The molecule has 1 heterocycles. The van der Waals surface area contributed by atoms with Gasteiger partial charge in [0.15, 0.2) is 0 Å². The first-order chi connectivity index (χ1) is 15.0. The quantitative estimate of drug-likeness (QED) is 0.694. The molecule has 2 aromatic rings. The Morgan fingerprint density at radius 3 is 2.06 bits per heavy atom. The number of carbonyl (C=O) groups is 3. The number of piperazine rings is 1. The molecule has 6 nitrogen and oxygen atoms in total. The monoisotopic (exact) mass is 425 g/mol. The van der Waals surface area contributed by atoms with Crippen molar-refractivity contribution in [2.45, 2.75) is 26.2 Å².